The van der Waals surface area contributed by atoms with Crippen molar-refractivity contribution in [2.45, 2.75) is 71.2 Å². The van der Waals surface area contributed by atoms with Crippen molar-refractivity contribution in [2.24, 2.45) is 17.8 Å². The Morgan fingerprint density at radius 2 is 1.82 bits per heavy atom. The summed E-state index contributed by atoms with van der Waals surface area (Å²) in [6, 6.07) is 0. The molecule has 0 saturated carbocycles. The van der Waals surface area contributed by atoms with Crippen molar-refractivity contribution in [1.82, 2.24) is 0 Å². The predicted octanol–water partition coefficient (Wildman–Crippen LogP) is 2.15. The van der Waals surface area contributed by atoms with Crippen LogP contribution in [0.15, 0.2) is 23.5 Å². The summed E-state index contributed by atoms with van der Waals surface area (Å²) in [4.78, 5) is 62.6. The molecular weight excluding hydrogens is 448 g/mol. The van der Waals surface area contributed by atoms with E-state index in [-0.39, 0.29) is 36.5 Å². The molecule has 2 aliphatic heterocycles. The number of ether oxygens (including phenoxy) is 5. The predicted molar refractivity (Wildman–Crippen MR) is 114 cm³/mol. The lowest BCUT2D eigenvalue weighted by Crippen LogP contribution is -2.41. The molecule has 1 aliphatic carbocycles. The fourth-order valence-corrected chi connectivity index (χ4v) is 5.07. The van der Waals surface area contributed by atoms with E-state index in [1.54, 1.807) is 6.92 Å². The van der Waals surface area contributed by atoms with E-state index in [0.717, 1.165) is 5.57 Å². The van der Waals surface area contributed by atoms with Gasteiger partial charge in [-0.1, -0.05) is 12.2 Å². The van der Waals surface area contributed by atoms with Crippen LogP contribution in [0.4, 0.5) is 0 Å². The van der Waals surface area contributed by atoms with Crippen LogP contribution >= 0.6 is 0 Å². The highest BCUT2D eigenvalue weighted by Crippen LogP contribution is 2.48. The molecule has 0 unspecified atom stereocenters. The third kappa shape index (κ3) is 5.15. The van der Waals surface area contributed by atoms with Gasteiger partial charge < -0.3 is 23.7 Å². The van der Waals surface area contributed by atoms with Gasteiger partial charge in [-0.15, -0.1) is 0 Å². The lowest BCUT2D eigenvalue weighted by atomic mass is 9.70. The number of hydrogen-bond donors (Lipinski definition) is 0. The second-order valence-corrected chi connectivity index (χ2v) is 9.39. The number of carbonyl (C=O) groups excluding carboxylic acids is 5. The molecule has 3 rings (SSSR count). The zero-order valence-electron chi connectivity index (χ0n) is 20.0. The lowest BCUT2D eigenvalue weighted by molar-refractivity contribution is -0.169. The first kappa shape index (κ1) is 25.5. The number of carbonyl (C=O) groups is 5. The van der Waals surface area contributed by atoms with E-state index in [9.17, 15) is 24.0 Å². The summed E-state index contributed by atoms with van der Waals surface area (Å²) in [5, 5.41) is 0. The Morgan fingerprint density at radius 1 is 1.15 bits per heavy atom. The lowest BCUT2D eigenvalue weighted by Gasteiger charge is -2.36. The van der Waals surface area contributed by atoms with Gasteiger partial charge in [0.15, 0.2) is 6.10 Å². The molecule has 3 aliphatic rings. The molecule has 0 aromatic rings. The van der Waals surface area contributed by atoms with E-state index in [1.807, 2.05) is 0 Å². The number of hydrogen-bond acceptors (Lipinski definition) is 10. The van der Waals surface area contributed by atoms with Crippen LogP contribution in [0.5, 0.6) is 0 Å². The van der Waals surface area contributed by atoms with Gasteiger partial charge in [-0.05, 0) is 26.2 Å². The van der Waals surface area contributed by atoms with Crippen LogP contribution in [-0.2, 0) is 47.7 Å². The first-order valence-electron chi connectivity index (χ1n) is 11.1. The fraction of sp³-hybridized carbons (Fsp3) is 0.625. The summed E-state index contributed by atoms with van der Waals surface area (Å²) in [5.41, 5.74) is -0.665. The van der Waals surface area contributed by atoms with Crippen LogP contribution < -0.4 is 0 Å². The minimum Gasteiger partial charge on any atom is -0.469 e. The van der Waals surface area contributed by atoms with Crippen LogP contribution in [0.2, 0.25) is 0 Å². The third-order valence-electron chi connectivity index (χ3n) is 6.54. The first-order valence-corrected chi connectivity index (χ1v) is 11.1. The molecule has 0 aromatic carbocycles. The van der Waals surface area contributed by atoms with Gasteiger partial charge >= 0.3 is 29.8 Å². The number of allylic oxidation sites excluding steroid dienone is 2. The van der Waals surface area contributed by atoms with E-state index in [4.69, 9.17) is 23.7 Å². The first-order chi connectivity index (χ1) is 15.8. The van der Waals surface area contributed by atoms with Gasteiger partial charge in [0.05, 0.1) is 19.1 Å². The van der Waals surface area contributed by atoms with Crippen molar-refractivity contribution in [3.05, 3.63) is 23.5 Å². The van der Waals surface area contributed by atoms with Gasteiger partial charge in [-0.3, -0.25) is 19.2 Å². The second kappa shape index (κ2) is 9.60. The summed E-state index contributed by atoms with van der Waals surface area (Å²) in [6.07, 6.45) is -1.89. The third-order valence-corrected chi connectivity index (χ3v) is 6.54. The van der Waals surface area contributed by atoms with E-state index < -0.39 is 59.5 Å². The largest absolute Gasteiger partial charge is 0.469 e. The van der Waals surface area contributed by atoms with Gasteiger partial charge in [-0.25, -0.2) is 4.79 Å². The number of rotatable bonds is 5. The van der Waals surface area contributed by atoms with Gasteiger partial charge in [0, 0.05) is 32.6 Å². The van der Waals surface area contributed by atoms with E-state index in [0.29, 0.717) is 6.42 Å². The molecule has 2 bridgehead atoms. The Labute approximate surface area is 197 Å². The standard InChI is InChI=1S/C24H30O10/c1-11(2)14-7-15-19(16(8-14)31-12(3)25)23(29)34-24(5,10-18(27)30-6)9-17-21(32-13(4)26)20(15)22(28)33-17/h14-15,17,20-21H,1,7-10H2,2-6H3/t14-,15-,17+,20-,21+,24-/m0/s1. The molecule has 0 radical (unpaired) electrons. The summed E-state index contributed by atoms with van der Waals surface area (Å²) in [6.45, 7) is 9.73. The summed E-state index contributed by atoms with van der Waals surface area (Å²) >= 11 is 0. The number of fused-ring (bicyclic) bond motifs is 4. The molecule has 0 amide bonds. The Morgan fingerprint density at radius 3 is 2.38 bits per heavy atom. The minimum absolute atomic E-state index is 0.00504. The SMILES string of the molecule is C=C(C)[C@@H]1CC(OC(C)=O)=C2C(=O)O[C@](C)(CC(=O)OC)C[C@H]3OC(=O)[C@H]([C@@H]3OC(C)=O)[C@H]2C1. The highest BCUT2D eigenvalue weighted by molar-refractivity contribution is 5.93. The Bertz CT molecular complexity index is 963. The van der Waals surface area contributed by atoms with Gasteiger partial charge in [-0.2, -0.15) is 0 Å². The number of esters is 5. The van der Waals surface area contributed by atoms with Crippen molar-refractivity contribution in [1.29, 1.82) is 0 Å². The second-order valence-electron chi connectivity index (χ2n) is 9.39. The molecule has 0 N–H and O–H groups in total. The molecular formula is C24H30O10. The van der Waals surface area contributed by atoms with Gasteiger partial charge in [0.25, 0.3) is 0 Å². The smallest absolute Gasteiger partial charge is 0.338 e. The maximum atomic E-state index is 13.5. The van der Waals surface area contributed by atoms with E-state index in [1.165, 1.54) is 27.9 Å². The van der Waals surface area contributed by atoms with Gasteiger partial charge in [0.1, 0.15) is 23.4 Å². The maximum Gasteiger partial charge on any atom is 0.338 e. The molecule has 6 atom stereocenters. The van der Waals surface area contributed by atoms with Crippen LogP contribution in [-0.4, -0.2) is 54.8 Å². The Balaban J connectivity index is 2.21. The minimum atomic E-state index is -1.45. The average Bonchev–Trinajstić information content (AvgIpc) is 3.00. The van der Waals surface area contributed by atoms with Crippen LogP contribution in [0.25, 0.3) is 0 Å². The number of methoxy groups -OCH3 is 1. The average molecular weight is 478 g/mol. The van der Waals surface area contributed by atoms with Crippen LogP contribution in [0.1, 0.15) is 53.4 Å². The molecule has 2 saturated heterocycles. The van der Waals surface area contributed by atoms with Crippen molar-refractivity contribution in [3.63, 3.8) is 0 Å². The molecule has 10 nitrogen and oxygen atoms in total. The summed E-state index contributed by atoms with van der Waals surface area (Å²) < 4.78 is 27.1. The molecule has 10 heteroatoms. The van der Waals surface area contributed by atoms with Crippen molar-refractivity contribution in [3.8, 4) is 0 Å². The normalized spacial score (nSPS) is 32.8. The maximum absolute atomic E-state index is 13.5. The quantitative estimate of drug-likeness (QED) is 0.329. The summed E-state index contributed by atoms with van der Waals surface area (Å²) in [5.74, 6) is -5.34. The van der Waals surface area contributed by atoms with E-state index in [2.05, 4.69) is 6.58 Å². The fourth-order valence-electron chi connectivity index (χ4n) is 5.07. The van der Waals surface area contributed by atoms with Gasteiger partial charge in [0.2, 0.25) is 0 Å². The molecule has 2 fully saturated rings. The summed E-state index contributed by atoms with van der Waals surface area (Å²) in [7, 11) is 1.20. The molecule has 186 valence electrons. The highest BCUT2D eigenvalue weighted by Gasteiger charge is 2.58. The monoisotopic (exact) mass is 478 g/mol. The van der Waals surface area contributed by atoms with Crippen LogP contribution in [0.3, 0.4) is 0 Å². The molecule has 2 heterocycles. The number of cyclic esters (lactones) is 1. The highest BCUT2D eigenvalue weighted by atomic mass is 16.6. The topological polar surface area (TPSA) is 132 Å². The van der Waals surface area contributed by atoms with Crippen molar-refractivity contribution >= 4 is 29.8 Å². The Hall–Kier alpha value is -3.17. The van der Waals surface area contributed by atoms with Crippen molar-refractivity contribution in [2.75, 3.05) is 7.11 Å². The van der Waals surface area contributed by atoms with Crippen LogP contribution in [0, 0.1) is 17.8 Å². The zero-order chi connectivity index (χ0) is 25.4. The molecule has 0 aromatic heterocycles. The molecule has 0 spiro atoms. The zero-order valence-corrected chi connectivity index (χ0v) is 20.0. The molecule has 34 heavy (non-hydrogen) atoms. The van der Waals surface area contributed by atoms with Crippen molar-refractivity contribution < 1.29 is 47.7 Å². The van der Waals surface area contributed by atoms with E-state index >= 15 is 0 Å². The Kier molecular flexibility index (Phi) is 7.18.